The zero-order valence-electron chi connectivity index (χ0n) is 10.6. The summed E-state index contributed by atoms with van der Waals surface area (Å²) in [4.78, 5) is 12.0. The Balaban J connectivity index is 1.80. The van der Waals surface area contributed by atoms with Crippen molar-refractivity contribution in [1.82, 2.24) is 9.62 Å². The lowest BCUT2D eigenvalue weighted by Gasteiger charge is -2.30. The molecule has 2 aliphatic rings. The number of rotatable bonds is 3. The van der Waals surface area contributed by atoms with Crippen molar-refractivity contribution in [1.29, 1.82) is 0 Å². The van der Waals surface area contributed by atoms with Gasteiger partial charge in [0.25, 0.3) is 0 Å². The summed E-state index contributed by atoms with van der Waals surface area (Å²) in [5.74, 6) is -0.0257. The van der Waals surface area contributed by atoms with Crippen LogP contribution in [0.3, 0.4) is 0 Å². The van der Waals surface area contributed by atoms with Gasteiger partial charge < -0.3 is 10.1 Å². The topological polar surface area (TPSA) is 75.7 Å². The van der Waals surface area contributed by atoms with Crippen molar-refractivity contribution in [3.8, 4) is 0 Å². The minimum absolute atomic E-state index is 0.0404. The highest BCUT2D eigenvalue weighted by Crippen LogP contribution is 2.19. The van der Waals surface area contributed by atoms with Gasteiger partial charge in [0.05, 0.1) is 18.9 Å². The number of amides is 1. The van der Waals surface area contributed by atoms with Crippen molar-refractivity contribution in [3.63, 3.8) is 0 Å². The van der Waals surface area contributed by atoms with Crippen LogP contribution in [0.25, 0.3) is 0 Å². The van der Waals surface area contributed by atoms with Crippen LogP contribution in [0.15, 0.2) is 0 Å². The summed E-state index contributed by atoms with van der Waals surface area (Å²) in [5, 5.41) is 2.97. The molecule has 1 N–H and O–H groups in total. The smallest absolute Gasteiger partial charge is 0.223 e. The maximum atomic E-state index is 12.0. The van der Waals surface area contributed by atoms with Crippen molar-refractivity contribution in [2.45, 2.75) is 25.3 Å². The van der Waals surface area contributed by atoms with E-state index >= 15 is 0 Å². The Labute approximate surface area is 108 Å². The van der Waals surface area contributed by atoms with Gasteiger partial charge in [-0.2, -0.15) is 0 Å². The molecule has 18 heavy (non-hydrogen) atoms. The standard InChI is InChI=1S/C11H20N2O4S/c1-18(15,16)13-5-2-9(3-6-13)11(14)12-10-4-7-17-8-10/h9-10H,2-8H2,1H3,(H,12,14). The summed E-state index contributed by atoms with van der Waals surface area (Å²) in [5.41, 5.74) is 0. The third kappa shape index (κ3) is 3.43. The maximum Gasteiger partial charge on any atom is 0.223 e. The number of sulfonamides is 1. The summed E-state index contributed by atoms with van der Waals surface area (Å²) >= 11 is 0. The number of hydrogen-bond acceptors (Lipinski definition) is 4. The number of hydrogen-bond donors (Lipinski definition) is 1. The molecule has 2 aliphatic heterocycles. The second-order valence-corrected chi connectivity index (χ2v) is 6.99. The number of piperidine rings is 1. The molecule has 2 fully saturated rings. The molecule has 2 rings (SSSR count). The third-order valence-electron chi connectivity index (χ3n) is 3.57. The highest BCUT2D eigenvalue weighted by molar-refractivity contribution is 7.88. The Morgan fingerprint density at radius 1 is 1.28 bits per heavy atom. The summed E-state index contributed by atoms with van der Waals surface area (Å²) in [7, 11) is -3.12. The molecule has 2 heterocycles. The van der Waals surface area contributed by atoms with Gasteiger partial charge in [-0.15, -0.1) is 0 Å². The molecule has 0 aliphatic carbocycles. The molecule has 6 nitrogen and oxygen atoms in total. The van der Waals surface area contributed by atoms with E-state index in [-0.39, 0.29) is 17.9 Å². The van der Waals surface area contributed by atoms with Crippen LogP contribution in [-0.4, -0.2) is 57.2 Å². The molecule has 0 saturated carbocycles. The van der Waals surface area contributed by atoms with Gasteiger partial charge in [0.15, 0.2) is 0 Å². The Kier molecular flexibility index (Phi) is 4.24. The first kappa shape index (κ1) is 13.8. The molecule has 1 amide bonds. The normalized spacial score (nSPS) is 27.3. The van der Waals surface area contributed by atoms with Crippen molar-refractivity contribution in [2.75, 3.05) is 32.6 Å². The molecule has 2 saturated heterocycles. The molecule has 1 atom stereocenters. The van der Waals surface area contributed by atoms with Crippen molar-refractivity contribution in [2.24, 2.45) is 5.92 Å². The van der Waals surface area contributed by atoms with Crippen LogP contribution >= 0.6 is 0 Å². The minimum Gasteiger partial charge on any atom is -0.379 e. The molecule has 0 aromatic rings. The van der Waals surface area contributed by atoms with Gasteiger partial charge in [-0.1, -0.05) is 0 Å². The number of carbonyl (C=O) groups is 1. The predicted molar refractivity (Wildman–Crippen MR) is 66.5 cm³/mol. The molecule has 7 heteroatoms. The van der Waals surface area contributed by atoms with Crippen molar-refractivity contribution >= 4 is 15.9 Å². The summed E-state index contributed by atoms with van der Waals surface area (Å²) in [6.07, 6.45) is 3.29. The Morgan fingerprint density at radius 3 is 2.44 bits per heavy atom. The van der Waals surface area contributed by atoms with E-state index in [1.165, 1.54) is 10.6 Å². The van der Waals surface area contributed by atoms with Crippen LogP contribution in [0.4, 0.5) is 0 Å². The lowest BCUT2D eigenvalue weighted by Crippen LogP contribution is -2.45. The van der Waals surface area contributed by atoms with E-state index in [9.17, 15) is 13.2 Å². The van der Waals surface area contributed by atoms with Crippen LogP contribution in [0, 0.1) is 5.92 Å². The van der Waals surface area contributed by atoms with E-state index in [1.54, 1.807) is 0 Å². The number of carbonyl (C=O) groups excluding carboxylic acids is 1. The van der Waals surface area contributed by atoms with E-state index in [1.807, 2.05) is 0 Å². The van der Waals surface area contributed by atoms with Gasteiger partial charge >= 0.3 is 0 Å². The molecule has 0 radical (unpaired) electrons. The SMILES string of the molecule is CS(=O)(=O)N1CCC(C(=O)NC2CCOC2)CC1. The van der Waals surface area contributed by atoms with Crippen LogP contribution in [0.1, 0.15) is 19.3 Å². The fourth-order valence-corrected chi connectivity index (χ4v) is 3.29. The second kappa shape index (κ2) is 5.54. The highest BCUT2D eigenvalue weighted by atomic mass is 32.2. The monoisotopic (exact) mass is 276 g/mol. The largest absolute Gasteiger partial charge is 0.379 e. The Bertz CT molecular complexity index is 395. The number of nitrogens with zero attached hydrogens (tertiary/aromatic N) is 1. The van der Waals surface area contributed by atoms with Crippen LogP contribution < -0.4 is 5.32 Å². The van der Waals surface area contributed by atoms with E-state index in [2.05, 4.69) is 5.32 Å². The van der Waals surface area contributed by atoms with Gasteiger partial charge in [-0.25, -0.2) is 12.7 Å². The molecule has 0 bridgehead atoms. The van der Waals surface area contributed by atoms with E-state index in [0.29, 0.717) is 39.1 Å². The fourth-order valence-electron chi connectivity index (χ4n) is 2.42. The summed E-state index contributed by atoms with van der Waals surface area (Å²) in [6, 6.07) is 0.130. The lowest BCUT2D eigenvalue weighted by molar-refractivity contribution is -0.126. The van der Waals surface area contributed by atoms with E-state index < -0.39 is 10.0 Å². The summed E-state index contributed by atoms with van der Waals surface area (Å²) < 4.78 is 29.3. The van der Waals surface area contributed by atoms with E-state index in [4.69, 9.17) is 4.74 Å². The molecular formula is C11H20N2O4S. The Morgan fingerprint density at radius 2 is 1.94 bits per heavy atom. The second-order valence-electron chi connectivity index (χ2n) is 5.01. The molecule has 104 valence electrons. The average Bonchev–Trinajstić information content (AvgIpc) is 2.81. The van der Waals surface area contributed by atoms with Gasteiger partial charge in [0.2, 0.25) is 15.9 Å². The lowest BCUT2D eigenvalue weighted by atomic mass is 9.97. The number of nitrogens with one attached hydrogen (secondary N) is 1. The fraction of sp³-hybridized carbons (Fsp3) is 0.909. The van der Waals surface area contributed by atoms with Crippen LogP contribution in [0.5, 0.6) is 0 Å². The minimum atomic E-state index is -3.12. The van der Waals surface area contributed by atoms with Gasteiger partial charge in [0.1, 0.15) is 0 Å². The quantitative estimate of drug-likeness (QED) is 0.758. The molecular weight excluding hydrogens is 256 g/mol. The Hall–Kier alpha value is -0.660. The molecule has 1 unspecified atom stereocenters. The highest BCUT2D eigenvalue weighted by Gasteiger charge is 2.30. The van der Waals surface area contributed by atoms with Crippen molar-refractivity contribution in [3.05, 3.63) is 0 Å². The first-order valence-corrected chi connectivity index (χ1v) is 8.15. The molecule has 0 aromatic carbocycles. The maximum absolute atomic E-state index is 12.0. The van der Waals surface area contributed by atoms with Gasteiger partial charge in [-0.05, 0) is 19.3 Å². The first-order chi connectivity index (χ1) is 8.47. The summed E-state index contributed by atoms with van der Waals surface area (Å²) in [6.45, 7) is 2.18. The zero-order chi connectivity index (χ0) is 13.2. The number of ether oxygens (including phenoxy) is 1. The van der Waals surface area contributed by atoms with Gasteiger partial charge in [-0.3, -0.25) is 4.79 Å². The van der Waals surface area contributed by atoms with Crippen LogP contribution in [0.2, 0.25) is 0 Å². The first-order valence-electron chi connectivity index (χ1n) is 6.30. The third-order valence-corrected chi connectivity index (χ3v) is 4.87. The van der Waals surface area contributed by atoms with Gasteiger partial charge in [0, 0.05) is 25.6 Å². The molecule has 0 spiro atoms. The van der Waals surface area contributed by atoms with Crippen LogP contribution in [-0.2, 0) is 19.6 Å². The zero-order valence-corrected chi connectivity index (χ0v) is 11.4. The van der Waals surface area contributed by atoms with Crippen molar-refractivity contribution < 1.29 is 17.9 Å². The average molecular weight is 276 g/mol. The van der Waals surface area contributed by atoms with E-state index in [0.717, 1.165) is 6.42 Å². The predicted octanol–water partition coefficient (Wildman–Crippen LogP) is -0.437. The molecule has 0 aromatic heterocycles.